The summed E-state index contributed by atoms with van der Waals surface area (Å²) in [7, 11) is 0. The lowest BCUT2D eigenvalue weighted by atomic mass is 10.1. The maximum atomic E-state index is 12.0. The van der Waals surface area contributed by atoms with Crippen LogP contribution in [0.4, 0.5) is 10.5 Å². The molecule has 1 unspecified atom stereocenters. The topological polar surface area (TPSA) is 98.7 Å². The fourth-order valence-corrected chi connectivity index (χ4v) is 2.19. The molecule has 0 aliphatic carbocycles. The smallest absolute Gasteiger partial charge is 0.321 e. The molecule has 0 aromatic heterocycles. The van der Waals surface area contributed by atoms with Gasteiger partial charge in [0.2, 0.25) is 5.91 Å². The highest BCUT2D eigenvalue weighted by molar-refractivity contribution is 5.89. The largest absolute Gasteiger partial charge is 0.481 e. The molecule has 3 N–H and O–H groups in total. The van der Waals surface area contributed by atoms with Gasteiger partial charge in [0.25, 0.3) is 0 Å². The van der Waals surface area contributed by atoms with Gasteiger partial charge in [-0.25, -0.2) is 4.79 Å². The summed E-state index contributed by atoms with van der Waals surface area (Å²) >= 11 is 0. The fourth-order valence-electron chi connectivity index (χ4n) is 2.19. The van der Waals surface area contributed by atoms with E-state index in [0.717, 1.165) is 5.56 Å². The van der Waals surface area contributed by atoms with Crippen LogP contribution in [0.25, 0.3) is 0 Å². The zero-order valence-electron chi connectivity index (χ0n) is 14.3. The van der Waals surface area contributed by atoms with E-state index in [2.05, 4.69) is 10.6 Å². The molecule has 0 spiro atoms. The molecule has 7 heteroatoms. The van der Waals surface area contributed by atoms with Crippen molar-refractivity contribution in [2.75, 3.05) is 18.4 Å². The number of carboxylic acid groups (broad SMARTS) is 1. The minimum atomic E-state index is -0.994. The molecule has 0 saturated carbocycles. The number of aliphatic carboxylic acids is 1. The fraction of sp³-hybridized carbons (Fsp3) is 0.471. The lowest BCUT2D eigenvalue weighted by Crippen LogP contribution is -2.34. The summed E-state index contributed by atoms with van der Waals surface area (Å²) in [5, 5.41) is 14.1. The summed E-state index contributed by atoms with van der Waals surface area (Å²) in [4.78, 5) is 35.8. The first-order valence-electron chi connectivity index (χ1n) is 8.04. The molecule has 1 atom stereocenters. The number of hydrogen-bond donors (Lipinski definition) is 3. The van der Waals surface area contributed by atoms with Gasteiger partial charge in [-0.1, -0.05) is 12.1 Å². The molecule has 1 aromatic carbocycles. The predicted molar refractivity (Wildman–Crippen MR) is 91.8 cm³/mol. The van der Waals surface area contributed by atoms with Gasteiger partial charge in [-0.3, -0.25) is 9.59 Å². The number of anilines is 1. The van der Waals surface area contributed by atoms with Gasteiger partial charge in [0.1, 0.15) is 0 Å². The van der Waals surface area contributed by atoms with Crippen LogP contribution in [0, 0.1) is 0 Å². The van der Waals surface area contributed by atoms with E-state index in [9.17, 15) is 14.4 Å². The highest BCUT2D eigenvalue weighted by Gasteiger charge is 2.12. The van der Waals surface area contributed by atoms with E-state index in [4.69, 9.17) is 5.11 Å². The van der Waals surface area contributed by atoms with Crippen LogP contribution >= 0.6 is 0 Å². The number of benzene rings is 1. The van der Waals surface area contributed by atoms with Gasteiger partial charge >= 0.3 is 12.0 Å². The molecule has 0 aliphatic heterocycles. The highest BCUT2D eigenvalue weighted by Crippen LogP contribution is 2.16. The zero-order chi connectivity index (χ0) is 18.1. The molecule has 1 aromatic rings. The summed E-state index contributed by atoms with van der Waals surface area (Å²) in [6.45, 7) is 6.93. The van der Waals surface area contributed by atoms with Crippen LogP contribution in [-0.4, -0.2) is 41.0 Å². The predicted octanol–water partition coefficient (Wildman–Crippen LogP) is 2.60. The lowest BCUT2D eigenvalue weighted by Gasteiger charge is -2.19. The molecular weight excluding hydrogens is 310 g/mol. The highest BCUT2D eigenvalue weighted by atomic mass is 16.4. The number of nitrogens with one attached hydrogen (secondary N) is 2. The Labute approximate surface area is 142 Å². The van der Waals surface area contributed by atoms with Crippen molar-refractivity contribution in [1.29, 1.82) is 0 Å². The third kappa shape index (κ3) is 6.28. The van der Waals surface area contributed by atoms with Gasteiger partial charge in [0.05, 0.1) is 12.5 Å². The van der Waals surface area contributed by atoms with E-state index in [-0.39, 0.29) is 30.8 Å². The van der Waals surface area contributed by atoms with E-state index < -0.39 is 5.97 Å². The first kappa shape index (κ1) is 19.5. The third-order valence-electron chi connectivity index (χ3n) is 3.66. The molecular formula is C17H25N3O4. The monoisotopic (exact) mass is 335 g/mol. The minimum absolute atomic E-state index is 0.0440. The van der Waals surface area contributed by atoms with Crippen molar-refractivity contribution >= 4 is 23.6 Å². The standard InChI is InChI=1S/C17H25N3O4/c1-4-20(5-2)17(24)19-14-8-6-13(7-9-14)12(3)18-15(21)10-11-16(22)23/h6-9,12H,4-5,10-11H2,1-3H3,(H,18,21)(H,19,24)(H,22,23). The van der Waals surface area contributed by atoms with Crippen molar-refractivity contribution in [3.8, 4) is 0 Å². The summed E-state index contributed by atoms with van der Waals surface area (Å²) in [5.41, 5.74) is 1.56. The SMILES string of the molecule is CCN(CC)C(=O)Nc1ccc(C(C)NC(=O)CCC(=O)O)cc1. The van der Waals surface area contributed by atoms with E-state index in [1.165, 1.54) is 0 Å². The number of urea groups is 1. The first-order chi connectivity index (χ1) is 11.4. The molecule has 24 heavy (non-hydrogen) atoms. The number of nitrogens with zero attached hydrogens (tertiary/aromatic N) is 1. The van der Waals surface area contributed by atoms with Crippen molar-refractivity contribution in [3.05, 3.63) is 29.8 Å². The van der Waals surface area contributed by atoms with Gasteiger partial charge in [-0.05, 0) is 38.5 Å². The first-order valence-corrected chi connectivity index (χ1v) is 8.04. The van der Waals surface area contributed by atoms with Gasteiger partial charge in [-0.2, -0.15) is 0 Å². The van der Waals surface area contributed by atoms with Crippen LogP contribution in [-0.2, 0) is 9.59 Å². The number of carbonyl (C=O) groups excluding carboxylic acids is 2. The molecule has 132 valence electrons. The Hall–Kier alpha value is -2.57. The molecule has 0 fully saturated rings. The minimum Gasteiger partial charge on any atom is -0.481 e. The van der Waals surface area contributed by atoms with Crippen molar-refractivity contribution < 1.29 is 19.5 Å². The molecule has 0 saturated heterocycles. The molecule has 1 rings (SSSR count). The van der Waals surface area contributed by atoms with Gasteiger partial charge < -0.3 is 20.6 Å². The number of rotatable bonds is 8. The number of hydrogen-bond acceptors (Lipinski definition) is 3. The quantitative estimate of drug-likeness (QED) is 0.680. The summed E-state index contributed by atoms with van der Waals surface area (Å²) in [5.74, 6) is -1.30. The average molecular weight is 335 g/mol. The Balaban J connectivity index is 2.58. The zero-order valence-corrected chi connectivity index (χ0v) is 14.3. The number of carboxylic acids is 1. The van der Waals surface area contributed by atoms with Gasteiger partial charge in [0, 0.05) is 25.2 Å². The second-order valence-electron chi connectivity index (χ2n) is 5.41. The van der Waals surface area contributed by atoms with Crippen LogP contribution in [0.15, 0.2) is 24.3 Å². The van der Waals surface area contributed by atoms with Gasteiger partial charge in [0.15, 0.2) is 0 Å². The van der Waals surface area contributed by atoms with Crippen molar-refractivity contribution in [2.24, 2.45) is 0 Å². The molecule has 0 radical (unpaired) electrons. The van der Waals surface area contributed by atoms with Crippen LogP contribution in [0.5, 0.6) is 0 Å². The van der Waals surface area contributed by atoms with Gasteiger partial charge in [-0.15, -0.1) is 0 Å². The molecule has 7 nitrogen and oxygen atoms in total. The third-order valence-corrected chi connectivity index (χ3v) is 3.66. The normalized spacial score (nSPS) is 11.5. The van der Waals surface area contributed by atoms with Crippen molar-refractivity contribution in [3.63, 3.8) is 0 Å². The van der Waals surface area contributed by atoms with Crippen LogP contribution in [0.3, 0.4) is 0 Å². The Bertz CT molecular complexity index is 568. The Kier molecular flexibility index (Phi) is 7.74. The van der Waals surface area contributed by atoms with Crippen LogP contribution < -0.4 is 10.6 Å². The molecule has 0 heterocycles. The van der Waals surface area contributed by atoms with E-state index in [1.54, 1.807) is 17.0 Å². The molecule has 0 aliphatic rings. The lowest BCUT2D eigenvalue weighted by molar-refractivity contribution is -0.138. The second kappa shape index (κ2) is 9.54. The Morgan fingerprint density at radius 3 is 2.17 bits per heavy atom. The summed E-state index contributed by atoms with van der Waals surface area (Å²) < 4.78 is 0. The van der Waals surface area contributed by atoms with E-state index in [0.29, 0.717) is 18.8 Å². The summed E-state index contributed by atoms with van der Waals surface area (Å²) in [6.07, 6.45) is -0.230. The van der Waals surface area contributed by atoms with Crippen molar-refractivity contribution in [2.45, 2.75) is 39.7 Å². The van der Waals surface area contributed by atoms with E-state index in [1.807, 2.05) is 32.9 Å². The number of carbonyl (C=O) groups is 3. The number of amides is 3. The van der Waals surface area contributed by atoms with Crippen LogP contribution in [0.1, 0.15) is 45.2 Å². The van der Waals surface area contributed by atoms with Crippen molar-refractivity contribution in [1.82, 2.24) is 10.2 Å². The van der Waals surface area contributed by atoms with E-state index >= 15 is 0 Å². The molecule has 0 bridgehead atoms. The maximum Gasteiger partial charge on any atom is 0.321 e. The molecule has 3 amide bonds. The second-order valence-corrected chi connectivity index (χ2v) is 5.41. The average Bonchev–Trinajstić information content (AvgIpc) is 2.54. The van der Waals surface area contributed by atoms with Crippen LogP contribution in [0.2, 0.25) is 0 Å². The maximum absolute atomic E-state index is 12.0. The Morgan fingerprint density at radius 1 is 1.08 bits per heavy atom. The summed E-state index contributed by atoms with van der Waals surface area (Å²) in [6, 6.07) is 6.80. The Morgan fingerprint density at radius 2 is 1.67 bits per heavy atom.